The van der Waals surface area contributed by atoms with Gasteiger partial charge >= 0.3 is 0 Å². The number of unbranched alkanes of at least 4 members (excludes halogenated alkanes) is 1. The van der Waals surface area contributed by atoms with Crippen LogP contribution in [0.15, 0.2) is 47.4 Å². The Morgan fingerprint density at radius 1 is 1.00 bits per heavy atom. The van der Waals surface area contributed by atoms with Crippen molar-refractivity contribution in [2.45, 2.75) is 38.0 Å². The summed E-state index contributed by atoms with van der Waals surface area (Å²) < 4.78 is 34.0. The molecule has 2 aromatic carbocycles. The lowest BCUT2D eigenvalue weighted by Crippen LogP contribution is -2.34. The molecule has 1 heterocycles. The van der Waals surface area contributed by atoms with Crippen molar-refractivity contribution in [3.8, 4) is 5.75 Å². The number of sulfonamides is 1. The Morgan fingerprint density at radius 2 is 1.72 bits per heavy atom. The Morgan fingerprint density at radius 3 is 2.33 bits per heavy atom. The molecule has 196 valence electrons. The van der Waals surface area contributed by atoms with E-state index in [-0.39, 0.29) is 10.8 Å². The average molecular weight is 533 g/mol. The number of hydrogen-bond donors (Lipinski definition) is 0. The van der Waals surface area contributed by atoms with Crippen LogP contribution in [0.5, 0.6) is 5.75 Å². The summed E-state index contributed by atoms with van der Waals surface area (Å²) in [7, 11) is 1.98. The van der Waals surface area contributed by atoms with E-state index in [4.69, 9.17) is 9.72 Å². The predicted molar refractivity (Wildman–Crippen MR) is 147 cm³/mol. The second-order valence-corrected chi connectivity index (χ2v) is 11.7. The van der Waals surface area contributed by atoms with E-state index in [1.165, 1.54) is 27.8 Å². The molecule has 0 aliphatic rings. The number of aromatic nitrogens is 1. The minimum Gasteiger partial charge on any atom is -0.494 e. The van der Waals surface area contributed by atoms with Crippen LogP contribution in [-0.2, 0) is 10.0 Å². The third-order valence-corrected chi connectivity index (χ3v) is 8.94. The number of benzene rings is 2. The molecule has 36 heavy (non-hydrogen) atoms. The number of hydrogen-bond acceptors (Lipinski definition) is 7. The Bertz CT molecular complexity index is 1260. The maximum Gasteiger partial charge on any atom is 0.260 e. The highest BCUT2D eigenvalue weighted by Gasteiger charge is 2.25. The van der Waals surface area contributed by atoms with Gasteiger partial charge in [-0.05, 0) is 69.9 Å². The van der Waals surface area contributed by atoms with Crippen molar-refractivity contribution >= 4 is 42.6 Å². The molecule has 3 rings (SSSR count). The highest BCUT2D eigenvalue weighted by Crippen LogP contribution is 2.34. The number of para-hydroxylation sites is 1. The molecule has 0 unspecified atom stereocenters. The van der Waals surface area contributed by atoms with Gasteiger partial charge in [0.15, 0.2) is 5.13 Å². The molecule has 0 bridgehead atoms. The van der Waals surface area contributed by atoms with E-state index >= 15 is 0 Å². The summed E-state index contributed by atoms with van der Waals surface area (Å²) in [6, 6.07) is 11.9. The van der Waals surface area contributed by atoms with Crippen LogP contribution in [0.1, 0.15) is 43.5 Å². The fraction of sp³-hybridized carbons (Fsp3) is 0.462. The zero-order chi connectivity index (χ0) is 26.3. The van der Waals surface area contributed by atoms with E-state index < -0.39 is 10.0 Å². The monoisotopic (exact) mass is 532 g/mol. The molecular weight excluding hydrogens is 496 g/mol. The molecule has 1 aromatic heterocycles. The van der Waals surface area contributed by atoms with Crippen molar-refractivity contribution in [3.05, 3.63) is 48.0 Å². The van der Waals surface area contributed by atoms with Crippen LogP contribution in [0.2, 0.25) is 0 Å². The zero-order valence-electron chi connectivity index (χ0n) is 21.7. The third-order valence-electron chi connectivity index (χ3n) is 5.91. The number of nitrogens with zero attached hydrogens (tertiary/aromatic N) is 4. The summed E-state index contributed by atoms with van der Waals surface area (Å²) in [4.78, 5) is 22.3. The van der Waals surface area contributed by atoms with Gasteiger partial charge in [-0.15, -0.1) is 0 Å². The quantitative estimate of drug-likeness (QED) is 0.317. The molecule has 0 atom stereocenters. The van der Waals surface area contributed by atoms with E-state index in [9.17, 15) is 13.2 Å². The number of carbonyl (C=O) groups is 1. The molecule has 0 saturated heterocycles. The second-order valence-electron chi connectivity index (χ2n) is 8.79. The first-order chi connectivity index (χ1) is 17.2. The van der Waals surface area contributed by atoms with Crippen LogP contribution in [0.4, 0.5) is 5.13 Å². The van der Waals surface area contributed by atoms with Gasteiger partial charge in [-0.2, -0.15) is 4.31 Å². The van der Waals surface area contributed by atoms with Crippen molar-refractivity contribution in [1.82, 2.24) is 14.2 Å². The molecular formula is C26H36N4O4S2. The standard InChI is InChI=1S/C26H36N4O4S2/c1-6-8-18-29(7-2)36(32,33)21-15-13-20(14-16-21)25(31)30(19-10-17-28(3)4)26-27-24-22(34-5)11-9-12-23(24)35-26/h9,11-16H,6-8,10,17-19H2,1-5H3. The van der Waals surface area contributed by atoms with Crippen molar-refractivity contribution in [1.29, 1.82) is 0 Å². The van der Waals surface area contributed by atoms with Crippen LogP contribution >= 0.6 is 11.3 Å². The Labute approximate surface area is 218 Å². The van der Waals surface area contributed by atoms with Gasteiger partial charge in [0.2, 0.25) is 10.0 Å². The topological polar surface area (TPSA) is 83.1 Å². The lowest BCUT2D eigenvalue weighted by molar-refractivity contribution is 0.0986. The zero-order valence-corrected chi connectivity index (χ0v) is 23.4. The number of fused-ring (bicyclic) bond motifs is 1. The number of methoxy groups -OCH3 is 1. The van der Waals surface area contributed by atoms with Crippen molar-refractivity contribution < 1.29 is 17.9 Å². The van der Waals surface area contributed by atoms with Gasteiger partial charge in [0.25, 0.3) is 5.91 Å². The maximum absolute atomic E-state index is 13.6. The normalized spacial score (nSPS) is 12.0. The van der Waals surface area contributed by atoms with E-state index in [0.29, 0.717) is 36.1 Å². The second kappa shape index (κ2) is 12.6. The molecule has 3 aromatic rings. The molecule has 0 fully saturated rings. The minimum atomic E-state index is -3.61. The van der Waals surface area contributed by atoms with Gasteiger partial charge in [-0.3, -0.25) is 9.69 Å². The highest BCUT2D eigenvalue weighted by atomic mass is 32.2. The first kappa shape index (κ1) is 28.0. The SMILES string of the molecule is CCCCN(CC)S(=O)(=O)c1ccc(C(=O)N(CCCN(C)C)c2nc3c(OC)cccc3s2)cc1. The Hall–Kier alpha value is -2.53. The molecule has 0 aliphatic heterocycles. The molecule has 0 N–H and O–H groups in total. The molecule has 0 saturated carbocycles. The summed E-state index contributed by atoms with van der Waals surface area (Å²) >= 11 is 1.44. The first-order valence-corrected chi connectivity index (χ1v) is 14.5. The number of carbonyl (C=O) groups excluding carboxylic acids is 1. The van der Waals surface area contributed by atoms with E-state index in [0.717, 1.165) is 36.0 Å². The van der Waals surface area contributed by atoms with Gasteiger partial charge in [0.05, 0.1) is 16.7 Å². The fourth-order valence-corrected chi connectivity index (χ4v) is 6.37. The summed E-state index contributed by atoms with van der Waals surface area (Å²) in [6.45, 7) is 6.07. The summed E-state index contributed by atoms with van der Waals surface area (Å²) in [6.07, 6.45) is 2.49. The number of ether oxygens (including phenoxy) is 1. The van der Waals surface area contributed by atoms with Crippen LogP contribution < -0.4 is 9.64 Å². The van der Waals surface area contributed by atoms with Gasteiger partial charge in [0, 0.05) is 25.2 Å². The summed E-state index contributed by atoms with van der Waals surface area (Å²) in [5, 5.41) is 0.590. The molecule has 10 heteroatoms. The largest absolute Gasteiger partial charge is 0.494 e. The van der Waals surface area contributed by atoms with Gasteiger partial charge in [-0.1, -0.05) is 37.7 Å². The van der Waals surface area contributed by atoms with Gasteiger partial charge < -0.3 is 9.64 Å². The Kier molecular flexibility index (Phi) is 9.84. The van der Waals surface area contributed by atoms with Crippen molar-refractivity contribution in [2.24, 2.45) is 0 Å². The lowest BCUT2D eigenvalue weighted by atomic mass is 10.2. The van der Waals surface area contributed by atoms with Crippen LogP contribution in [-0.4, -0.2) is 75.9 Å². The van der Waals surface area contributed by atoms with E-state index in [1.54, 1.807) is 24.1 Å². The number of amides is 1. The fourth-order valence-electron chi connectivity index (χ4n) is 3.88. The van der Waals surface area contributed by atoms with Crippen LogP contribution in [0.3, 0.4) is 0 Å². The molecule has 1 amide bonds. The van der Waals surface area contributed by atoms with E-state index in [2.05, 4.69) is 4.90 Å². The van der Waals surface area contributed by atoms with Crippen LogP contribution in [0, 0.1) is 0 Å². The van der Waals surface area contributed by atoms with Crippen molar-refractivity contribution in [3.63, 3.8) is 0 Å². The maximum atomic E-state index is 13.6. The minimum absolute atomic E-state index is 0.195. The number of anilines is 1. The van der Waals surface area contributed by atoms with Gasteiger partial charge in [0.1, 0.15) is 11.3 Å². The summed E-state index contributed by atoms with van der Waals surface area (Å²) in [5.41, 5.74) is 1.14. The predicted octanol–water partition coefficient (Wildman–Crippen LogP) is 4.71. The lowest BCUT2D eigenvalue weighted by Gasteiger charge is -2.22. The molecule has 8 nitrogen and oxygen atoms in total. The Balaban J connectivity index is 1.91. The smallest absolute Gasteiger partial charge is 0.260 e. The third kappa shape index (κ3) is 6.42. The van der Waals surface area contributed by atoms with Crippen molar-refractivity contribution in [2.75, 3.05) is 52.3 Å². The highest BCUT2D eigenvalue weighted by molar-refractivity contribution is 7.89. The molecule has 0 radical (unpaired) electrons. The molecule has 0 spiro atoms. The number of rotatable bonds is 13. The van der Waals surface area contributed by atoms with Crippen LogP contribution in [0.25, 0.3) is 10.2 Å². The average Bonchev–Trinajstić information content (AvgIpc) is 3.30. The van der Waals surface area contributed by atoms with E-state index in [1.807, 2.05) is 46.1 Å². The molecule has 0 aliphatic carbocycles. The van der Waals surface area contributed by atoms with Gasteiger partial charge in [-0.25, -0.2) is 13.4 Å². The summed E-state index contributed by atoms with van der Waals surface area (Å²) in [5.74, 6) is 0.447. The first-order valence-electron chi connectivity index (χ1n) is 12.2. The number of thiazole rings is 1.